The second-order valence-corrected chi connectivity index (χ2v) is 6.05. The topological polar surface area (TPSA) is 39.7 Å². The maximum absolute atomic E-state index is 5.90. The van der Waals surface area contributed by atoms with Gasteiger partial charge < -0.3 is 19.5 Å². The van der Waals surface area contributed by atoms with Crippen molar-refractivity contribution in [3.8, 4) is 11.5 Å². The Morgan fingerprint density at radius 3 is 2.71 bits per heavy atom. The largest absolute Gasteiger partial charge is 0.493 e. The van der Waals surface area contributed by atoms with Gasteiger partial charge in [-0.3, -0.25) is 0 Å². The van der Waals surface area contributed by atoms with Crippen molar-refractivity contribution in [2.45, 2.75) is 32.0 Å². The normalized spacial score (nSPS) is 17.5. The molecule has 0 aromatic heterocycles. The highest BCUT2D eigenvalue weighted by molar-refractivity contribution is 5.43. The molecule has 1 heterocycles. The highest BCUT2D eigenvalue weighted by Crippen LogP contribution is 2.29. The number of ether oxygens (including phenoxy) is 3. The molecule has 3 rings (SSSR count). The molecule has 1 aliphatic heterocycles. The van der Waals surface area contributed by atoms with Crippen LogP contribution in [0.15, 0.2) is 48.5 Å². The van der Waals surface area contributed by atoms with Gasteiger partial charge >= 0.3 is 0 Å². The maximum Gasteiger partial charge on any atom is 0.161 e. The van der Waals surface area contributed by atoms with E-state index in [4.69, 9.17) is 14.2 Å². The number of hydrogen-bond donors (Lipinski definition) is 1. The molecule has 4 nitrogen and oxygen atoms in total. The van der Waals surface area contributed by atoms with Crippen LogP contribution in [0.4, 0.5) is 0 Å². The molecule has 0 radical (unpaired) electrons. The predicted octanol–water partition coefficient (Wildman–Crippen LogP) is 3.54. The lowest BCUT2D eigenvalue weighted by Crippen LogP contribution is -2.36. The molecule has 1 N–H and O–H groups in total. The standard InChI is InChI=1S/C20H25NO3/c1-22-20-12-17(13-21-18-8-5-11-23-15-18)9-10-19(20)24-14-16-6-3-2-4-7-16/h2-4,6-7,9-10,12,18,21H,5,8,11,13-15H2,1H3. The summed E-state index contributed by atoms with van der Waals surface area (Å²) in [7, 11) is 1.68. The molecule has 1 atom stereocenters. The van der Waals surface area contributed by atoms with Gasteiger partial charge in [-0.1, -0.05) is 36.4 Å². The summed E-state index contributed by atoms with van der Waals surface area (Å²) in [5.74, 6) is 1.54. The second kappa shape index (κ2) is 8.71. The Labute approximate surface area is 143 Å². The van der Waals surface area contributed by atoms with Crippen LogP contribution in [-0.2, 0) is 17.9 Å². The molecule has 128 valence electrons. The number of benzene rings is 2. The summed E-state index contributed by atoms with van der Waals surface area (Å²) in [4.78, 5) is 0. The van der Waals surface area contributed by atoms with Crippen molar-refractivity contribution in [1.29, 1.82) is 0 Å². The first-order chi connectivity index (χ1) is 11.8. The molecule has 1 aliphatic rings. The minimum Gasteiger partial charge on any atom is -0.493 e. The van der Waals surface area contributed by atoms with Crippen molar-refractivity contribution >= 4 is 0 Å². The zero-order chi connectivity index (χ0) is 16.6. The van der Waals surface area contributed by atoms with E-state index in [-0.39, 0.29) is 0 Å². The van der Waals surface area contributed by atoms with Crippen molar-refractivity contribution < 1.29 is 14.2 Å². The van der Waals surface area contributed by atoms with E-state index in [0.29, 0.717) is 12.6 Å². The Bertz CT molecular complexity index is 624. The molecule has 1 saturated heterocycles. The molecule has 24 heavy (non-hydrogen) atoms. The highest BCUT2D eigenvalue weighted by Gasteiger charge is 2.13. The van der Waals surface area contributed by atoms with Crippen molar-refractivity contribution in [3.05, 3.63) is 59.7 Å². The van der Waals surface area contributed by atoms with Crippen molar-refractivity contribution in [1.82, 2.24) is 5.32 Å². The van der Waals surface area contributed by atoms with Crippen LogP contribution in [0.1, 0.15) is 24.0 Å². The minimum absolute atomic E-state index is 0.443. The van der Waals surface area contributed by atoms with Crippen LogP contribution in [-0.4, -0.2) is 26.4 Å². The number of methoxy groups -OCH3 is 1. The quantitative estimate of drug-likeness (QED) is 0.844. The molecule has 2 aromatic carbocycles. The lowest BCUT2D eigenvalue weighted by atomic mass is 10.1. The predicted molar refractivity (Wildman–Crippen MR) is 94.4 cm³/mol. The van der Waals surface area contributed by atoms with E-state index in [9.17, 15) is 0 Å². The van der Waals surface area contributed by atoms with Crippen LogP contribution < -0.4 is 14.8 Å². The number of nitrogens with one attached hydrogen (secondary N) is 1. The summed E-state index contributed by atoms with van der Waals surface area (Å²) in [6.45, 7) is 3.03. The molecule has 0 amide bonds. The summed E-state index contributed by atoms with van der Waals surface area (Å²) in [5.41, 5.74) is 2.33. The SMILES string of the molecule is COc1cc(CNC2CCCOC2)ccc1OCc1ccccc1. The Hall–Kier alpha value is -2.04. The third-order valence-corrected chi connectivity index (χ3v) is 4.22. The minimum atomic E-state index is 0.443. The zero-order valence-electron chi connectivity index (χ0n) is 14.2. The van der Waals surface area contributed by atoms with E-state index >= 15 is 0 Å². The molecule has 1 fully saturated rings. The third kappa shape index (κ3) is 4.73. The Morgan fingerprint density at radius 1 is 1.08 bits per heavy atom. The fraction of sp³-hybridized carbons (Fsp3) is 0.400. The van der Waals surface area contributed by atoms with E-state index in [1.165, 1.54) is 12.0 Å². The van der Waals surface area contributed by atoms with Crippen LogP contribution in [0.25, 0.3) is 0 Å². The fourth-order valence-corrected chi connectivity index (χ4v) is 2.84. The lowest BCUT2D eigenvalue weighted by molar-refractivity contribution is 0.0699. The fourth-order valence-electron chi connectivity index (χ4n) is 2.84. The van der Waals surface area contributed by atoms with E-state index in [1.54, 1.807) is 7.11 Å². The molecule has 0 spiro atoms. The third-order valence-electron chi connectivity index (χ3n) is 4.22. The summed E-state index contributed by atoms with van der Waals surface area (Å²) < 4.78 is 16.9. The van der Waals surface area contributed by atoms with Crippen LogP contribution in [0.5, 0.6) is 11.5 Å². The van der Waals surface area contributed by atoms with E-state index in [0.717, 1.165) is 43.2 Å². The summed E-state index contributed by atoms with van der Waals surface area (Å²) in [6, 6.07) is 16.7. The van der Waals surface area contributed by atoms with E-state index in [2.05, 4.69) is 23.5 Å². The van der Waals surface area contributed by atoms with Gasteiger partial charge in [0.2, 0.25) is 0 Å². The van der Waals surface area contributed by atoms with Crippen molar-refractivity contribution in [2.24, 2.45) is 0 Å². The number of rotatable bonds is 7. The molecule has 0 aliphatic carbocycles. The zero-order valence-corrected chi connectivity index (χ0v) is 14.2. The molecule has 4 heteroatoms. The first-order valence-electron chi connectivity index (χ1n) is 8.50. The molecule has 1 unspecified atom stereocenters. The number of hydrogen-bond acceptors (Lipinski definition) is 4. The van der Waals surface area contributed by atoms with Gasteiger partial charge in [-0.2, -0.15) is 0 Å². The monoisotopic (exact) mass is 327 g/mol. The second-order valence-electron chi connectivity index (χ2n) is 6.05. The molecular formula is C20H25NO3. The van der Waals surface area contributed by atoms with E-state index in [1.807, 2.05) is 30.3 Å². The van der Waals surface area contributed by atoms with Crippen molar-refractivity contribution in [2.75, 3.05) is 20.3 Å². The highest BCUT2D eigenvalue weighted by atomic mass is 16.5. The summed E-state index contributed by atoms with van der Waals surface area (Å²) in [6.07, 6.45) is 2.31. The van der Waals surface area contributed by atoms with Gasteiger partial charge in [0.25, 0.3) is 0 Å². The average Bonchev–Trinajstić information content (AvgIpc) is 2.66. The molecule has 0 bridgehead atoms. The van der Waals surface area contributed by atoms with E-state index < -0.39 is 0 Å². The average molecular weight is 327 g/mol. The van der Waals surface area contributed by atoms with Crippen LogP contribution in [0.2, 0.25) is 0 Å². The molecular weight excluding hydrogens is 302 g/mol. The van der Waals surface area contributed by atoms with Gasteiger partial charge in [0.1, 0.15) is 6.61 Å². The molecule has 2 aromatic rings. The Morgan fingerprint density at radius 2 is 1.96 bits per heavy atom. The summed E-state index contributed by atoms with van der Waals surface area (Å²) >= 11 is 0. The van der Waals surface area contributed by atoms with Gasteiger partial charge in [0, 0.05) is 19.2 Å². The van der Waals surface area contributed by atoms with Gasteiger partial charge in [0.15, 0.2) is 11.5 Å². The molecule has 0 saturated carbocycles. The lowest BCUT2D eigenvalue weighted by Gasteiger charge is -2.23. The van der Waals surface area contributed by atoms with Crippen LogP contribution in [0.3, 0.4) is 0 Å². The van der Waals surface area contributed by atoms with Gasteiger partial charge in [-0.25, -0.2) is 0 Å². The van der Waals surface area contributed by atoms with Crippen LogP contribution in [0, 0.1) is 0 Å². The smallest absolute Gasteiger partial charge is 0.161 e. The van der Waals surface area contributed by atoms with Crippen molar-refractivity contribution in [3.63, 3.8) is 0 Å². The Balaban J connectivity index is 1.57. The first-order valence-corrected chi connectivity index (χ1v) is 8.50. The summed E-state index contributed by atoms with van der Waals surface area (Å²) in [5, 5.41) is 3.55. The van der Waals surface area contributed by atoms with Crippen LogP contribution >= 0.6 is 0 Å². The first kappa shape index (κ1) is 16.8. The Kier molecular flexibility index (Phi) is 6.10. The maximum atomic E-state index is 5.90. The van der Waals surface area contributed by atoms with Gasteiger partial charge in [0.05, 0.1) is 13.7 Å². The van der Waals surface area contributed by atoms with Gasteiger partial charge in [-0.05, 0) is 36.1 Å². The van der Waals surface area contributed by atoms with Gasteiger partial charge in [-0.15, -0.1) is 0 Å².